The van der Waals surface area contributed by atoms with Crippen LogP contribution in [0.1, 0.15) is 58.3 Å². The summed E-state index contributed by atoms with van der Waals surface area (Å²) in [5.41, 5.74) is 0. The zero-order valence-electron chi connectivity index (χ0n) is 10.5. The summed E-state index contributed by atoms with van der Waals surface area (Å²) in [6.07, 6.45) is 9.22. The summed E-state index contributed by atoms with van der Waals surface area (Å²) in [7, 11) is 0. The summed E-state index contributed by atoms with van der Waals surface area (Å²) < 4.78 is 0. The van der Waals surface area contributed by atoms with Crippen molar-refractivity contribution in [2.75, 3.05) is 0 Å². The molecule has 0 heterocycles. The lowest BCUT2D eigenvalue weighted by Gasteiger charge is -2.26. The normalized spacial score (nSPS) is 13.3. The van der Waals surface area contributed by atoms with E-state index < -0.39 is 12.0 Å². The summed E-state index contributed by atoms with van der Waals surface area (Å²) in [6.45, 7) is 2.21. The standard InChI is InChI=1S/C10H20Cl6Si2/c1-2-3-4-5-6-7-8-9-10(17(11,12)13)18(14,15)16/h10H,2-9H2,1H3. The molecule has 0 aromatic rings. The zero-order valence-corrected chi connectivity index (χ0v) is 17.0. The van der Waals surface area contributed by atoms with Gasteiger partial charge in [0.05, 0.1) is 0 Å². The summed E-state index contributed by atoms with van der Waals surface area (Å²) in [5, 5.41) is -0.296. The lowest BCUT2D eigenvalue weighted by molar-refractivity contribution is 0.581. The molecule has 0 aliphatic heterocycles. The summed E-state index contributed by atoms with van der Waals surface area (Å²) in [5.74, 6) is 0. The van der Waals surface area contributed by atoms with Gasteiger partial charge in [0.2, 0.25) is 0 Å². The van der Waals surface area contributed by atoms with E-state index >= 15 is 0 Å². The van der Waals surface area contributed by atoms with Crippen LogP contribution in [0, 0.1) is 0 Å². The van der Waals surface area contributed by atoms with Crippen molar-refractivity contribution in [3.63, 3.8) is 0 Å². The first-order chi connectivity index (χ1) is 8.19. The minimum absolute atomic E-state index is 0.296. The van der Waals surface area contributed by atoms with E-state index in [-0.39, 0.29) is 5.16 Å². The molecule has 110 valence electrons. The van der Waals surface area contributed by atoms with Gasteiger partial charge in [0.1, 0.15) is 0 Å². The predicted octanol–water partition coefficient (Wildman–Crippen LogP) is 7.35. The third-order valence-electron chi connectivity index (χ3n) is 2.89. The van der Waals surface area contributed by atoms with E-state index in [4.69, 9.17) is 66.5 Å². The average Bonchev–Trinajstić information content (AvgIpc) is 2.18. The predicted molar refractivity (Wildman–Crippen MR) is 93.0 cm³/mol. The molecule has 0 amide bonds. The summed E-state index contributed by atoms with van der Waals surface area (Å²) in [4.78, 5) is 0. The van der Waals surface area contributed by atoms with Gasteiger partial charge in [-0.05, 0) is 6.42 Å². The molecule has 0 N–H and O–H groups in total. The Balaban J connectivity index is 3.86. The van der Waals surface area contributed by atoms with E-state index in [9.17, 15) is 0 Å². The molecule has 0 spiro atoms. The van der Waals surface area contributed by atoms with E-state index in [1.807, 2.05) is 0 Å². The molecule has 0 unspecified atom stereocenters. The van der Waals surface area contributed by atoms with Gasteiger partial charge in [0.25, 0.3) is 0 Å². The summed E-state index contributed by atoms with van der Waals surface area (Å²) >= 11 is 36.1. The topological polar surface area (TPSA) is 0 Å². The van der Waals surface area contributed by atoms with Crippen LogP contribution in [0.15, 0.2) is 0 Å². The van der Waals surface area contributed by atoms with Gasteiger partial charge in [-0.15, -0.1) is 66.5 Å². The highest BCUT2D eigenvalue weighted by Crippen LogP contribution is 2.48. The Morgan fingerprint density at radius 2 is 1.06 bits per heavy atom. The van der Waals surface area contributed by atoms with Gasteiger partial charge in [-0.3, -0.25) is 0 Å². The van der Waals surface area contributed by atoms with Gasteiger partial charge >= 0.3 is 12.0 Å². The first-order valence-corrected chi connectivity index (χ1v) is 16.6. The maximum absolute atomic E-state index is 6.02. The maximum Gasteiger partial charge on any atom is 0.345 e. The largest absolute Gasteiger partial charge is 0.345 e. The summed E-state index contributed by atoms with van der Waals surface area (Å²) in [6, 6.07) is -5.84. The molecular weight excluding hydrogens is 389 g/mol. The van der Waals surface area contributed by atoms with E-state index in [0.29, 0.717) is 0 Å². The first-order valence-electron chi connectivity index (χ1n) is 6.33. The number of rotatable bonds is 10. The zero-order chi connectivity index (χ0) is 14.2. The molecule has 0 bridgehead atoms. The van der Waals surface area contributed by atoms with Crippen molar-refractivity contribution in [2.24, 2.45) is 0 Å². The molecule has 0 saturated heterocycles. The third-order valence-corrected chi connectivity index (χ3v) is 15.7. The molecule has 8 heteroatoms. The monoisotopic (exact) mass is 406 g/mol. The SMILES string of the molecule is CCCCCCCCCC([Si](Cl)(Cl)Cl)[Si](Cl)(Cl)Cl. The quantitative estimate of drug-likeness (QED) is 0.201. The fourth-order valence-electron chi connectivity index (χ4n) is 1.82. The van der Waals surface area contributed by atoms with Gasteiger partial charge < -0.3 is 0 Å². The molecular formula is C10H20Cl6Si2. The molecule has 0 rings (SSSR count). The molecule has 0 fully saturated rings. The van der Waals surface area contributed by atoms with Crippen LogP contribution in [0.5, 0.6) is 0 Å². The molecule has 18 heavy (non-hydrogen) atoms. The van der Waals surface area contributed by atoms with E-state index in [1.165, 1.54) is 32.1 Å². The average molecular weight is 409 g/mol. The molecule has 0 aromatic carbocycles. The van der Waals surface area contributed by atoms with Crippen molar-refractivity contribution in [1.82, 2.24) is 0 Å². The van der Waals surface area contributed by atoms with Crippen LogP contribution in [0.2, 0.25) is 5.16 Å². The second kappa shape index (κ2) is 9.99. The highest BCUT2D eigenvalue weighted by Gasteiger charge is 2.50. The molecule has 0 radical (unpaired) electrons. The van der Waals surface area contributed by atoms with Crippen LogP contribution < -0.4 is 0 Å². The Morgan fingerprint density at radius 1 is 0.667 bits per heavy atom. The molecule has 0 aliphatic carbocycles. The highest BCUT2D eigenvalue weighted by atomic mass is 35.8. The van der Waals surface area contributed by atoms with Gasteiger partial charge in [0.15, 0.2) is 0 Å². The van der Waals surface area contributed by atoms with Gasteiger partial charge in [-0.2, -0.15) is 0 Å². The smallest absolute Gasteiger partial charge is 0.126 e. The molecule has 0 atom stereocenters. The number of hydrogen-bond acceptors (Lipinski definition) is 0. The van der Waals surface area contributed by atoms with Crippen LogP contribution in [-0.2, 0) is 0 Å². The van der Waals surface area contributed by atoms with E-state index in [1.54, 1.807) is 0 Å². The van der Waals surface area contributed by atoms with Crippen molar-refractivity contribution in [2.45, 2.75) is 63.5 Å². The minimum Gasteiger partial charge on any atom is -0.126 e. The Morgan fingerprint density at radius 3 is 1.44 bits per heavy atom. The molecule has 0 nitrogen and oxygen atoms in total. The highest BCUT2D eigenvalue weighted by molar-refractivity contribution is 7.75. The Kier molecular flexibility index (Phi) is 11.2. The van der Waals surface area contributed by atoms with Crippen LogP contribution >= 0.6 is 66.5 Å². The maximum atomic E-state index is 6.02. The third kappa shape index (κ3) is 9.98. The van der Waals surface area contributed by atoms with Crippen molar-refractivity contribution in [3.8, 4) is 0 Å². The van der Waals surface area contributed by atoms with Crippen molar-refractivity contribution < 1.29 is 0 Å². The fraction of sp³-hybridized carbons (Fsp3) is 1.00. The molecule has 0 aliphatic rings. The Hall–Kier alpha value is 2.17. The van der Waals surface area contributed by atoms with Gasteiger partial charge in [0, 0.05) is 5.16 Å². The Labute approximate surface area is 141 Å². The minimum atomic E-state index is -2.92. The fourth-order valence-corrected chi connectivity index (χ4v) is 19.7. The van der Waals surface area contributed by atoms with Crippen molar-refractivity contribution in [1.29, 1.82) is 0 Å². The second-order valence-electron chi connectivity index (χ2n) is 4.55. The van der Waals surface area contributed by atoms with Crippen LogP contribution in [-0.4, -0.2) is 12.0 Å². The van der Waals surface area contributed by atoms with Gasteiger partial charge in [-0.25, -0.2) is 0 Å². The lowest BCUT2D eigenvalue weighted by Crippen LogP contribution is -2.34. The van der Waals surface area contributed by atoms with Crippen LogP contribution in [0.25, 0.3) is 0 Å². The number of halogens is 6. The van der Waals surface area contributed by atoms with Crippen molar-refractivity contribution >= 4 is 78.5 Å². The van der Waals surface area contributed by atoms with E-state index in [2.05, 4.69) is 6.92 Å². The lowest BCUT2D eigenvalue weighted by atomic mass is 10.1. The van der Waals surface area contributed by atoms with E-state index in [0.717, 1.165) is 19.3 Å². The van der Waals surface area contributed by atoms with Crippen LogP contribution in [0.4, 0.5) is 0 Å². The van der Waals surface area contributed by atoms with Crippen molar-refractivity contribution in [3.05, 3.63) is 0 Å². The first kappa shape index (κ1) is 20.2. The number of hydrogen-bond donors (Lipinski definition) is 0. The van der Waals surface area contributed by atoms with Gasteiger partial charge in [-0.1, -0.05) is 51.9 Å². The molecule has 0 aromatic heterocycles. The number of unbranched alkanes of at least 4 members (excludes halogenated alkanes) is 6. The second-order valence-corrected chi connectivity index (χ2v) is 22.9. The van der Waals surface area contributed by atoms with Crippen LogP contribution in [0.3, 0.4) is 0 Å². The molecule has 0 saturated carbocycles. The Bertz CT molecular complexity index is 199.